The number of aryl methyl sites for hydroxylation is 1. The number of nitrogens with zero attached hydrogens (tertiary/aromatic N) is 5. The van der Waals surface area contributed by atoms with Gasteiger partial charge in [-0.2, -0.15) is 5.10 Å². The first kappa shape index (κ1) is 23.1. The van der Waals surface area contributed by atoms with Crippen molar-refractivity contribution in [3.8, 4) is 17.1 Å². The van der Waals surface area contributed by atoms with Gasteiger partial charge < -0.3 is 25.3 Å². The van der Waals surface area contributed by atoms with Gasteiger partial charge in [0.05, 0.1) is 23.1 Å². The number of imidazole rings is 1. The Morgan fingerprint density at radius 1 is 1.20 bits per heavy atom. The summed E-state index contributed by atoms with van der Waals surface area (Å²) in [5.74, 6) is 1.61. The standard InChI is InChI=1S/C24H27ClN8O2/c1-32-11-8-16(9-12-32)28-21-18(25)13-26-24-22(21)30-23(31-24)15-3-5-17(6-4-15)35-14-20(34)29-19-7-10-27-33(19)2/h3-7,10,13,16H,8-9,11-12,14H2,1-2H3,(H,29,34)(H2,26,28,30,31). The minimum atomic E-state index is -0.262. The minimum absolute atomic E-state index is 0.108. The Morgan fingerprint density at radius 2 is 1.97 bits per heavy atom. The molecule has 1 aromatic carbocycles. The normalized spacial score (nSPS) is 14.8. The third-order valence-electron chi connectivity index (χ3n) is 6.13. The molecule has 4 heterocycles. The first-order valence-electron chi connectivity index (χ1n) is 11.5. The average Bonchev–Trinajstić information content (AvgIpc) is 3.47. The Hall–Kier alpha value is -3.63. The van der Waals surface area contributed by atoms with Crippen LogP contribution in [0.3, 0.4) is 0 Å². The number of carbonyl (C=O) groups excluding carboxylic acids is 1. The molecule has 182 valence electrons. The number of anilines is 2. The van der Waals surface area contributed by atoms with Crippen molar-refractivity contribution in [1.29, 1.82) is 0 Å². The van der Waals surface area contributed by atoms with Gasteiger partial charge in [-0.3, -0.25) is 9.48 Å². The molecule has 0 atom stereocenters. The predicted octanol–water partition coefficient (Wildman–Crippen LogP) is 3.54. The Morgan fingerprint density at radius 3 is 2.69 bits per heavy atom. The van der Waals surface area contributed by atoms with E-state index in [-0.39, 0.29) is 12.5 Å². The first-order chi connectivity index (χ1) is 17.0. The molecule has 1 aliphatic heterocycles. The van der Waals surface area contributed by atoms with E-state index in [0.717, 1.165) is 42.7 Å². The topological polar surface area (TPSA) is 113 Å². The van der Waals surface area contributed by atoms with Crippen LogP contribution in [0, 0.1) is 0 Å². The molecule has 0 bridgehead atoms. The molecule has 1 aliphatic rings. The van der Waals surface area contributed by atoms with Crippen LogP contribution >= 0.6 is 11.6 Å². The zero-order chi connectivity index (χ0) is 24.4. The lowest BCUT2D eigenvalue weighted by molar-refractivity contribution is -0.118. The third kappa shape index (κ3) is 5.23. The third-order valence-corrected chi connectivity index (χ3v) is 6.41. The number of halogens is 1. The summed E-state index contributed by atoms with van der Waals surface area (Å²) in [5.41, 5.74) is 3.10. The quantitative estimate of drug-likeness (QED) is 0.360. The number of pyridine rings is 1. The van der Waals surface area contributed by atoms with Crippen LogP contribution < -0.4 is 15.4 Å². The first-order valence-corrected chi connectivity index (χ1v) is 11.8. The van der Waals surface area contributed by atoms with Crippen LogP contribution in [0.1, 0.15) is 12.8 Å². The molecule has 11 heteroatoms. The highest BCUT2D eigenvalue weighted by Crippen LogP contribution is 2.32. The molecule has 5 rings (SSSR count). The fraction of sp³-hybridized carbons (Fsp3) is 0.333. The number of carbonyl (C=O) groups is 1. The number of H-pyrrole nitrogens is 1. The zero-order valence-electron chi connectivity index (χ0n) is 19.6. The zero-order valence-corrected chi connectivity index (χ0v) is 20.3. The van der Waals surface area contributed by atoms with Crippen molar-refractivity contribution in [1.82, 2.24) is 29.6 Å². The van der Waals surface area contributed by atoms with Gasteiger partial charge in [0.15, 0.2) is 12.3 Å². The summed E-state index contributed by atoms with van der Waals surface area (Å²) in [4.78, 5) is 26.9. The fourth-order valence-corrected chi connectivity index (χ4v) is 4.30. The Bertz CT molecular complexity index is 1330. The van der Waals surface area contributed by atoms with Gasteiger partial charge >= 0.3 is 0 Å². The summed E-state index contributed by atoms with van der Waals surface area (Å²) in [6.07, 6.45) is 5.36. The smallest absolute Gasteiger partial charge is 0.263 e. The molecule has 1 saturated heterocycles. The molecule has 10 nitrogen and oxygen atoms in total. The second-order valence-electron chi connectivity index (χ2n) is 8.69. The summed E-state index contributed by atoms with van der Waals surface area (Å²) < 4.78 is 7.20. The van der Waals surface area contributed by atoms with Gasteiger partial charge in [0.2, 0.25) is 0 Å². The van der Waals surface area contributed by atoms with E-state index in [4.69, 9.17) is 16.3 Å². The number of nitrogens with one attached hydrogen (secondary N) is 3. The van der Waals surface area contributed by atoms with Crippen LogP contribution in [0.25, 0.3) is 22.6 Å². The van der Waals surface area contributed by atoms with E-state index in [1.165, 1.54) is 0 Å². The van der Waals surface area contributed by atoms with Crippen molar-refractivity contribution >= 4 is 40.2 Å². The molecule has 4 aromatic rings. The lowest BCUT2D eigenvalue weighted by atomic mass is 10.1. The van der Waals surface area contributed by atoms with E-state index in [9.17, 15) is 4.79 Å². The number of hydrogen-bond acceptors (Lipinski definition) is 7. The van der Waals surface area contributed by atoms with Gasteiger partial charge in [0, 0.05) is 24.7 Å². The van der Waals surface area contributed by atoms with Gasteiger partial charge in [0.25, 0.3) is 5.91 Å². The van der Waals surface area contributed by atoms with Crippen LogP contribution in [0.2, 0.25) is 5.02 Å². The number of fused-ring (bicyclic) bond motifs is 1. The minimum Gasteiger partial charge on any atom is -0.484 e. The average molecular weight is 495 g/mol. The fourth-order valence-electron chi connectivity index (χ4n) is 4.10. The molecule has 0 aliphatic carbocycles. The maximum Gasteiger partial charge on any atom is 0.263 e. The maximum atomic E-state index is 12.1. The van der Waals surface area contributed by atoms with E-state index >= 15 is 0 Å². The molecule has 1 fully saturated rings. The van der Waals surface area contributed by atoms with Crippen LogP contribution in [-0.4, -0.2) is 68.3 Å². The second-order valence-corrected chi connectivity index (χ2v) is 9.10. The number of piperidine rings is 1. The summed E-state index contributed by atoms with van der Waals surface area (Å²) in [7, 11) is 3.90. The monoisotopic (exact) mass is 494 g/mol. The number of hydrogen-bond donors (Lipinski definition) is 3. The highest BCUT2D eigenvalue weighted by Gasteiger charge is 2.20. The van der Waals surface area contributed by atoms with Gasteiger partial charge in [-0.1, -0.05) is 11.6 Å². The lowest BCUT2D eigenvalue weighted by Gasteiger charge is -2.30. The van der Waals surface area contributed by atoms with Gasteiger partial charge in [-0.05, 0) is 57.2 Å². The molecule has 3 aromatic heterocycles. The Balaban J connectivity index is 1.27. The summed E-state index contributed by atoms with van der Waals surface area (Å²) in [5, 5.41) is 10.9. The second kappa shape index (κ2) is 9.93. The molecule has 3 N–H and O–H groups in total. The molecule has 1 amide bonds. The van der Waals surface area contributed by atoms with Crippen molar-refractivity contribution in [2.75, 3.05) is 37.4 Å². The number of likely N-dealkylation sites (tertiary alicyclic amines) is 1. The molecule has 35 heavy (non-hydrogen) atoms. The van der Waals surface area contributed by atoms with Crippen molar-refractivity contribution in [2.24, 2.45) is 7.05 Å². The lowest BCUT2D eigenvalue weighted by Crippen LogP contribution is -2.36. The van der Waals surface area contributed by atoms with Gasteiger partial charge in [0.1, 0.15) is 22.9 Å². The number of rotatable bonds is 7. The van der Waals surface area contributed by atoms with Crippen LogP contribution in [0.5, 0.6) is 5.75 Å². The Kier molecular flexibility index (Phi) is 6.56. The van der Waals surface area contributed by atoms with Crippen molar-refractivity contribution in [2.45, 2.75) is 18.9 Å². The van der Waals surface area contributed by atoms with E-state index < -0.39 is 0 Å². The number of amides is 1. The maximum absolute atomic E-state index is 12.1. The summed E-state index contributed by atoms with van der Waals surface area (Å²) >= 11 is 6.50. The largest absolute Gasteiger partial charge is 0.484 e. The molecule has 0 spiro atoms. The van der Waals surface area contributed by atoms with E-state index in [1.54, 1.807) is 42.3 Å². The highest BCUT2D eigenvalue weighted by molar-refractivity contribution is 6.34. The van der Waals surface area contributed by atoms with Crippen LogP contribution in [0.4, 0.5) is 11.5 Å². The predicted molar refractivity (Wildman–Crippen MR) is 136 cm³/mol. The SMILES string of the molecule is CN1CCC(Nc2c(Cl)cnc3nc(-c4ccc(OCC(=O)Nc5ccnn5C)cc4)[nH]c23)CC1. The summed E-state index contributed by atoms with van der Waals surface area (Å²) in [6, 6.07) is 9.45. The molecule has 0 unspecified atom stereocenters. The highest BCUT2D eigenvalue weighted by atomic mass is 35.5. The number of benzene rings is 1. The van der Waals surface area contributed by atoms with Crippen molar-refractivity contribution in [3.05, 3.63) is 47.7 Å². The molecular weight excluding hydrogens is 468 g/mol. The number of aromatic nitrogens is 5. The molecule has 0 saturated carbocycles. The van der Waals surface area contributed by atoms with Crippen molar-refractivity contribution < 1.29 is 9.53 Å². The van der Waals surface area contributed by atoms with Gasteiger partial charge in [-0.15, -0.1) is 0 Å². The van der Waals surface area contributed by atoms with Gasteiger partial charge in [-0.25, -0.2) is 9.97 Å². The number of aromatic amines is 1. The Labute approximate surface area is 207 Å². The van der Waals surface area contributed by atoms with Crippen LogP contribution in [0.15, 0.2) is 42.7 Å². The van der Waals surface area contributed by atoms with E-state index in [2.05, 4.69) is 42.6 Å². The van der Waals surface area contributed by atoms with Crippen molar-refractivity contribution in [3.63, 3.8) is 0 Å². The van der Waals surface area contributed by atoms with Crippen LogP contribution in [-0.2, 0) is 11.8 Å². The van der Waals surface area contributed by atoms with E-state index in [1.807, 2.05) is 12.1 Å². The molecular formula is C24H27ClN8O2. The number of ether oxygens (including phenoxy) is 1. The summed E-state index contributed by atoms with van der Waals surface area (Å²) in [6.45, 7) is 2.00. The molecule has 0 radical (unpaired) electrons. The van der Waals surface area contributed by atoms with E-state index in [0.29, 0.717) is 34.1 Å².